The first kappa shape index (κ1) is 19.9. The number of methoxy groups -OCH3 is 1. The molecule has 1 atom stereocenters. The summed E-state index contributed by atoms with van der Waals surface area (Å²) < 4.78 is 42.8. The SMILES string of the molecule is CCOC(=O)C(C(=O)OC(C)(C)C)(c1ccc(OC)cc1)C(F)F. The van der Waals surface area contributed by atoms with Gasteiger partial charge in [-0.2, -0.15) is 0 Å². The Morgan fingerprint density at radius 3 is 2.00 bits per heavy atom. The molecule has 0 fully saturated rings. The highest BCUT2D eigenvalue weighted by atomic mass is 19.3. The van der Waals surface area contributed by atoms with E-state index in [9.17, 15) is 18.4 Å². The zero-order valence-corrected chi connectivity index (χ0v) is 14.4. The first-order valence-electron chi connectivity index (χ1n) is 7.43. The predicted octanol–water partition coefficient (Wildman–Crippen LogP) is 3.10. The average Bonchev–Trinajstić information content (AvgIpc) is 2.46. The first-order chi connectivity index (χ1) is 11.1. The Kier molecular flexibility index (Phi) is 6.29. The van der Waals surface area contributed by atoms with Gasteiger partial charge in [0.25, 0.3) is 6.43 Å². The van der Waals surface area contributed by atoms with Crippen molar-refractivity contribution in [1.82, 2.24) is 0 Å². The van der Waals surface area contributed by atoms with Crippen LogP contribution in [0.15, 0.2) is 24.3 Å². The molecule has 24 heavy (non-hydrogen) atoms. The number of rotatable bonds is 6. The van der Waals surface area contributed by atoms with Crippen molar-refractivity contribution >= 4 is 11.9 Å². The third-order valence-electron chi connectivity index (χ3n) is 3.19. The molecular formula is C17H22F2O5. The summed E-state index contributed by atoms with van der Waals surface area (Å²) in [4.78, 5) is 24.9. The lowest BCUT2D eigenvalue weighted by atomic mass is 9.80. The Labute approximate surface area is 139 Å². The molecule has 0 N–H and O–H groups in total. The molecule has 0 aromatic heterocycles. The summed E-state index contributed by atoms with van der Waals surface area (Å²) in [6.45, 7) is 5.91. The van der Waals surface area contributed by atoms with Gasteiger partial charge in [-0.3, -0.25) is 9.59 Å². The van der Waals surface area contributed by atoms with E-state index in [2.05, 4.69) is 0 Å². The number of carbonyl (C=O) groups excluding carboxylic acids is 2. The second kappa shape index (κ2) is 7.59. The molecule has 134 valence electrons. The van der Waals surface area contributed by atoms with Gasteiger partial charge in [-0.05, 0) is 45.4 Å². The molecule has 1 unspecified atom stereocenters. The van der Waals surface area contributed by atoms with Gasteiger partial charge in [-0.1, -0.05) is 12.1 Å². The van der Waals surface area contributed by atoms with Crippen LogP contribution in [-0.2, 0) is 24.5 Å². The number of alkyl halides is 2. The zero-order valence-electron chi connectivity index (χ0n) is 14.4. The molecule has 0 heterocycles. The van der Waals surface area contributed by atoms with Crippen molar-refractivity contribution in [3.05, 3.63) is 29.8 Å². The maximum Gasteiger partial charge on any atom is 0.334 e. The summed E-state index contributed by atoms with van der Waals surface area (Å²) in [6, 6.07) is 5.23. The average molecular weight is 344 g/mol. The fraction of sp³-hybridized carbons (Fsp3) is 0.529. The monoisotopic (exact) mass is 344 g/mol. The van der Waals surface area contributed by atoms with Crippen molar-refractivity contribution in [2.45, 2.75) is 45.1 Å². The quantitative estimate of drug-likeness (QED) is 0.586. The molecule has 0 aliphatic rings. The van der Waals surface area contributed by atoms with E-state index >= 15 is 0 Å². The summed E-state index contributed by atoms with van der Waals surface area (Å²) in [7, 11) is 1.41. The molecule has 1 aromatic carbocycles. The largest absolute Gasteiger partial charge is 0.497 e. The van der Waals surface area contributed by atoms with Crippen LogP contribution in [0.4, 0.5) is 8.78 Å². The van der Waals surface area contributed by atoms with Gasteiger partial charge in [-0.25, -0.2) is 8.78 Å². The highest BCUT2D eigenvalue weighted by molar-refractivity contribution is 6.07. The van der Waals surface area contributed by atoms with Crippen molar-refractivity contribution in [2.75, 3.05) is 13.7 Å². The summed E-state index contributed by atoms with van der Waals surface area (Å²) >= 11 is 0. The molecule has 0 radical (unpaired) electrons. The second-order valence-corrected chi connectivity index (χ2v) is 6.06. The number of hydrogen-bond donors (Lipinski definition) is 0. The third kappa shape index (κ3) is 4.01. The molecule has 0 aliphatic heterocycles. The number of carbonyl (C=O) groups is 2. The number of ether oxygens (including phenoxy) is 3. The predicted molar refractivity (Wildman–Crippen MR) is 83.2 cm³/mol. The van der Waals surface area contributed by atoms with E-state index in [1.807, 2.05) is 0 Å². The van der Waals surface area contributed by atoms with Gasteiger partial charge in [0.2, 0.25) is 5.41 Å². The molecular weight excluding hydrogens is 322 g/mol. The minimum Gasteiger partial charge on any atom is -0.497 e. The smallest absolute Gasteiger partial charge is 0.334 e. The van der Waals surface area contributed by atoms with Crippen LogP contribution in [-0.4, -0.2) is 37.7 Å². The van der Waals surface area contributed by atoms with Crippen LogP contribution in [0, 0.1) is 0 Å². The van der Waals surface area contributed by atoms with Crippen LogP contribution in [0.2, 0.25) is 0 Å². The van der Waals surface area contributed by atoms with Crippen LogP contribution in [0.25, 0.3) is 0 Å². The fourth-order valence-corrected chi connectivity index (χ4v) is 2.08. The lowest BCUT2D eigenvalue weighted by molar-refractivity contribution is -0.180. The molecule has 0 spiro atoms. The molecule has 7 heteroatoms. The van der Waals surface area contributed by atoms with Gasteiger partial charge in [0.1, 0.15) is 11.4 Å². The number of hydrogen-bond acceptors (Lipinski definition) is 5. The van der Waals surface area contributed by atoms with E-state index in [-0.39, 0.29) is 12.2 Å². The Hall–Kier alpha value is -2.18. The van der Waals surface area contributed by atoms with E-state index in [0.29, 0.717) is 5.75 Å². The van der Waals surface area contributed by atoms with E-state index in [4.69, 9.17) is 14.2 Å². The minimum atomic E-state index is -3.35. The zero-order chi connectivity index (χ0) is 18.5. The maximum atomic E-state index is 14.0. The third-order valence-corrected chi connectivity index (χ3v) is 3.19. The fourth-order valence-electron chi connectivity index (χ4n) is 2.08. The molecule has 1 aromatic rings. The molecule has 5 nitrogen and oxygen atoms in total. The van der Waals surface area contributed by atoms with Crippen LogP contribution in [0.5, 0.6) is 5.75 Å². The van der Waals surface area contributed by atoms with Gasteiger partial charge >= 0.3 is 11.9 Å². The van der Waals surface area contributed by atoms with E-state index in [1.165, 1.54) is 59.1 Å². The molecule has 0 saturated carbocycles. The van der Waals surface area contributed by atoms with Gasteiger partial charge in [0.05, 0.1) is 13.7 Å². The van der Waals surface area contributed by atoms with Crippen molar-refractivity contribution in [3.8, 4) is 5.75 Å². The second-order valence-electron chi connectivity index (χ2n) is 6.06. The van der Waals surface area contributed by atoms with Gasteiger partial charge < -0.3 is 14.2 Å². The Morgan fingerprint density at radius 1 is 1.08 bits per heavy atom. The Bertz CT molecular complexity index is 578. The highest BCUT2D eigenvalue weighted by Gasteiger charge is 2.59. The minimum absolute atomic E-state index is 0.147. The van der Waals surface area contributed by atoms with Crippen molar-refractivity contribution < 1.29 is 32.6 Å². The molecule has 0 aliphatic carbocycles. The topological polar surface area (TPSA) is 61.8 Å². The van der Waals surface area contributed by atoms with Crippen molar-refractivity contribution in [2.24, 2.45) is 0 Å². The molecule has 0 bridgehead atoms. The number of benzene rings is 1. The molecule has 0 amide bonds. The highest BCUT2D eigenvalue weighted by Crippen LogP contribution is 2.36. The first-order valence-corrected chi connectivity index (χ1v) is 7.43. The van der Waals surface area contributed by atoms with Gasteiger partial charge in [0.15, 0.2) is 0 Å². The maximum absolute atomic E-state index is 14.0. The lowest BCUT2D eigenvalue weighted by Crippen LogP contribution is -2.53. The standard InChI is InChI=1S/C17H22F2O5/c1-6-23-14(20)17(13(18)19,15(21)24-16(2,3)4)11-7-9-12(22-5)10-8-11/h7-10,13H,6H2,1-5H3. The Balaban J connectivity index is 3.51. The van der Waals surface area contributed by atoms with Crippen LogP contribution >= 0.6 is 0 Å². The van der Waals surface area contributed by atoms with E-state index in [0.717, 1.165) is 0 Å². The number of halogens is 2. The lowest BCUT2D eigenvalue weighted by Gasteiger charge is -2.32. The Morgan fingerprint density at radius 2 is 1.62 bits per heavy atom. The number of esters is 2. The summed E-state index contributed by atoms with van der Waals surface area (Å²) in [5, 5.41) is 0. The summed E-state index contributed by atoms with van der Waals surface area (Å²) in [6.07, 6.45) is -3.35. The van der Waals surface area contributed by atoms with E-state index in [1.54, 1.807) is 0 Å². The van der Waals surface area contributed by atoms with Crippen LogP contribution in [0.1, 0.15) is 33.3 Å². The van der Waals surface area contributed by atoms with Gasteiger partial charge in [-0.15, -0.1) is 0 Å². The van der Waals surface area contributed by atoms with Crippen molar-refractivity contribution in [3.63, 3.8) is 0 Å². The van der Waals surface area contributed by atoms with Crippen LogP contribution in [0.3, 0.4) is 0 Å². The van der Waals surface area contributed by atoms with Crippen LogP contribution < -0.4 is 4.74 Å². The summed E-state index contributed by atoms with van der Waals surface area (Å²) in [5.74, 6) is -2.30. The van der Waals surface area contributed by atoms with E-state index < -0.39 is 29.4 Å². The van der Waals surface area contributed by atoms with Gasteiger partial charge in [0, 0.05) is 0 Å². The normalized spacial score (nSPS) is 14.0. The molecule has 0 saturated heterocycles. The summed E-state index contributed by atoms with van der Waals surface area (Å²) in [5.41, 5.74) is -4.11. The molecule has 1 rings (SSSR count). The van der Waals surface area contributed by atoms with Crippen molar-refractivity contribution in [1.29, 1.82) is 0 Å².